The van der Waals surface area contributed by atoms with E-state index in [1.54, 1.807) is 13.0 Å². The van der Waals surface area contributed by atoms with Crippen molar-refractivity contribution in [1.29, 1.82) is 0 Å². The fourth-order valence-electron chi connectivity index (χ4n) is 2.93. The predicted octanol–water partition coefficient (Wildman–Crippen LogP) is 3.47. The van der Waals surface area contributed by atoms with Gasteiger partial charge in [-0.25, -0.2) is 4.79 Å². The molecule has 2 aromatic carbocycles. The van der Waals surface area contributed by atoms with Crippen LogP contribution in [0.5, 0.6) is 0 Å². The molecule has 1 amide bonds. The highest BCUT2D eigenvalue weighted by atomic mass is 16.6. The van der Waals surface area contributed by atoms with Crippen molar-refractivity contribution in [2.75, 3.05) is 12.0 Å². The number of carbonyl (C=O) groups is 2. The Morgan fingerprint density at radius 2 is 1.74 bits per heavy atom. The standard InChI is InChI=1S/C20H16N2O5/c1-13-18(20(24)27-2)17(12-14-6-4-3-5-7-14)19(23)21(13)15-8-10-16(11-9-15)22(25)26/h3-12H,1-2H3/b17-12-. The van der Waals surface area contributed by atoms with Crippen molar-refractivity contribution in [1.82, 2.24) is 0 Å². The maximum atomic E-state index is 13.0. The van der Waals surface area contributed by atoms with Gasteiger partial charge in [0.25, 0.3) is 11.6 Å². The average Bonchev–Trinajstić information content (AvgIpc) is 2.92. The van der Waals surface area contributed by atoms with Gasteiger partial charge in [0.15, 0.2) is 0 Å². The van der Waals surface area contributed by atoms with E-state index in [-0.39, 0.29) is 16.8 Å². The Hall–Kier alpha value is -3.74. The number of nitro benzene ring substituents is 1. The van der Waals surface area contributed by atoms with E-state index in [0.717, 1.165) is 5.56 Å². The van der Waals surface area contributed by atoms with Crippen LogP contribution in [0.15, 0.2) is 71.4 Å². The molecule has 7 nitrogen and oxygen atoms in total. The normalized spacial score (nSPS) is 15.4. The van der Waals surface area contributed by atoms with Crippen LogP contribution in [0.3, 0.4) is 0 Å². The molecule has 1 heterocycles. The van der Waals surface area contributed by atoms with Gasteiger partial charge in [-0.1, -0.05) is 30.3 Å². The first kappa shape index (κ1) is 18.1. The molecule has 1 aliphatic rings. The molecule has 0 aliphatic carbocycles. The Balaban J connectivity index is 2.10. The van der Waals surface area contributed by atoms with E-state index in [2.05, 4.69) is 0 Å². The highest BCUT2D eigenvalue weighted by molar-refractivity contribution is 6.23. The molecule has 2 aromatic rings. The average molecular weight is 364 g/mol. The van der Waals surface area contributed by atoms with E-state index in [1.165, 1.54) is 36.3 Å². The van der Waals surface area contributed by atoms with Gasteiger partial charge in [0.2, 0.25) is 0 Å². The van der Waals surface area contributed by atoms with E-state index in [9.17, 15) is 19.7 Å². The van der Waals surface area contributed by atoms with Crippen LogP contribution < -0.4 is 4.90 Å². The number of benzene rings is 2. The highest BCUT2D eigenvalue weighted by Crippen LogP contribution is 2.35. The maximum absolute atomic E-state index is 13.0. The van der Waals surface area contributed by atoms with E-state index < -0.39 is 16.8 Å². The summed E-state index contributed by atoms with van der Waals surface area (Å²) in [7, 11) is 1.25. The minimum atomic E-state index is -0.618. The number of rotatable bonds is 4. The van der Waals surface area contributed by atoms with Gasteiger partial charge >= 0.3 is 5.97 Å². The Labute approximate surface area is 155 Å². The van der Waals surface area contributed by atoms with E-state index >= 15 is 0 Å². The molecule has 0 unspecified atom stereocenters. The zero-order valence-corrected chi connectivity index (χ0v) is 14.7. The summed E-state index contributed by atoms with van der Waals surface area (Å²) in [6, 6.07) is 14.7. The fraction of sp³-hybridized carbons (Fsp3) is 0.100. The number of ether oxygens (including phenoxy) is 1. The summed E-state index contributed by atoms with van der Waals surface area (Å²) in [5.41, 5.74) is 1.90. The molecular formula is C20H16N2O5. The Kier molecular flexibility index (Phi) is 4.85. The van der Waals surface area contributed by atoms with Crippen LogP contribution in [0.4, 0.5) is 11.4 Å². The smallest absolute Gasteiger partial charge is 0.340 e. The van der Waals surface area contributed by atoms with Gasteiger partial charge in [-0.3, -0.25) is 19.8 Å². The van der Waals surface area contributed by atoms with Crippen molar-refractivity contribution < 1.29 is 19.2 Å². The second-order valence-corrected chi connectivity index (χ2v) is 5.83. The predicted molar refractivity (Wildman–Crippen MR) is 99.7 cm³/mol. The van der Waals surface area contributed by atoms with Crippen LogP contribution in [-0.4, -0.2) is 23.9 Å². The van der Waals surface area contributed by atoms with Gasteiger partial charge < -0.3 is 4.74 Å². The van der Waals surface area contributed by atoms with Crippen LogP contribution in [0.1, 0.15) is 12.5 Å². The van der Waals surface area contributed by atoms with Crippen molar-refractivity contribution in [3.8, 4) is 0 Å². The third kappa shape index (κ3) is 3.35. The minimum absolute atomic E-state index is 0.0831. The number of allylic oxidation sites excluding steroid dienone is 1. The second-order valence-electron chi connectivity index (χ2n) is 5.83. The van der Waals surface area contributed by atoms with Crippen molar-refractivity contribution >= 4 is 29.3 Å². The number of nitrogens with zero attached hydrogens (tertiary/aromatic N) is 2. The van der Waals surface area contributed by atoms with Crippen LogP contribution >= 0.6 is 0 Å². The third-order valence-electron chi connectivity index (χ3n) is 4.22. The van der Waals surface area contributed by atoms with Gasteiger partial charge in [0.1, 0.15) is 0 Å². The molecule has 0 fully saturated rings. The molecule has 0 bridgehead atoms. The van der Waals surface area contributed by atoms with Gasteiger partial charge in [-0.15, -0.1) is 0 Å². The molecule has 0 saturated carbocycles. The minimum Gasteiger partial charge on any atom is -0.465 e. The first-order valence-corrected chi connectivity index (χ1v) is 8.09. The summed E-state index contributed by atoms with van der Waals surface area (Å²) in [5.74, 6) is -1.02. The second kappa shape index (κ2) is 7.25. The number of amides is 1. The Morgan fingerprint density at radius 3 is 2.30 bits per heavy atom. The lowest BCUT2D eigenvalue weighted by Crippen LogP contribution is -2.24. The molecule has 136 valence electrons. The lowest BCUT2D eigenvalue weighted by Gasteiger charge is -2.17. The van der Waals surface area contributed by atoms with Crippen molar-refractivity contribution in [3.05, 3.63) is 87.1 Å². The van der Waals surface area contributed by atoms with Gasteiger partial charge in [-0.2, -0.15) is 0 Å². The summed E-state index contributed by atoms with van der Waals surface area (Å²) < 4.78 is 4.85. The molecule has 27 heavy (non-hydrogen) atoms. The van der Waals surface area contributed by atoms with Crippen molar-refractivity contribution in [3.63, 3.8) is 0 Å². The molecule has 0 spiro atoms. The number of methoxy groups -OCH3 is 1. The number of non-ortho nitro benzene ring substituents is 1. The molecule has 0 atom stereocenters. The van der Waals surface area contributed by atoms with Gasteiger partial charge in [-0.05, 0) is 30.7 Å². The molecule has 0 saturated heterocycles. The topological polar surface area (TPSA) is 89.8 Å². The first-order valence-electron chi connectivity index (χ1n) is 8.09. The Morgan fingerprint density at radius 1 is 1.11 bits per heavy atom. The van der Waals surface area contributed by atoms with E-state index in [1.807, 2.05) is 30.3 Å². The largest absolute Gasteiger partial charge is 0.465 e. The molecule has 3 rings (SSSR count). The third-order valence-corrected chi connectivity index (χ3v) is 4.22. The number of nitro groups is 1. The number of carbonyl (C=O) groups excluding carboxylic acids is 2. The monoisotopic (exact) mass is 364 g/mol. The quantitative estimate of drug-likeness (QED) is 0.359. The van der Waals surface area contributed by atoms with E-state index in [4.69, 9.17) is 4.74 Å². The zero-order valence-electron chi connectivity index (χ0n) is 14.7. The van der Waals surface area contributed by atoms with Crippen LogP contribution in [-0.2, 0) is 14.3 Å². The molecule has 0 radical (unpaired) electrons. The lowest BCUT2D eigenvalue weighted by molar-refractivity contribution is -0.384. The highest BCUT2D eigenvalue weighted by Gasteiger charge is 2.37. The van der Waals surface area contributed by atoms with Crippen molar-refractivity contribution in [2.45, 2.75) is 6.92 Å². The van der Waals surface area contributed by atoms with Crippen LogP contribution in [0, 0.1) is 10.1 Å². The zero-order chi connectivity index (χ0) is 19.6. The van der Waals surface area contributed by atoms with Crippen molar-refractivity contribution in [2.24, 2.45) is 0 Å². The van der Waals surface area contributed by atoms with Crippen LogP contribution in [0.25, 0.3) is 6.08 Å². The lowest BCUT2D eigenvalue weighted by atomic mass is 10.0. The SMILES string of the molecule is COC(=O)C1=C(C)N(c2ccc([N+](=O)[O-])cc2)C(=O)/C1=C\c1ccccc1. The summed E-state index contributed by atoms with van der Waals surface area (Å²) in [5, 5.41) is 10.8. The molecular weight excluding hydrogens is 348 g/mol. The maximum Gasteiger partial charge on any atom is 0.340 e. The Bertz CT molecular complexity index is 975. The summed E-state index contributed by atoms with van der Waals surface area (Å²) >= 11 is 0. The molecule has 0 aromatic heterocycles. The number of esters is 1. The first-order chi connectivity index (χ1) is 12.9. The number of hydrogen-bond donors (Lipinski definition) is 0. The van der Waals surface area contributed by atoms with E-state index in [0.29, 0.717) is 11.4 Å². The molecule has 0 N–H and O–H groups in total. The molecule has 7 heteroatoms. The fourth-order valence-corrected chi connectivity index (χ4v) is 2.93. The summed E-state index contributed by atoms with van der Waals surface area (Å²) in [6.07, 6.45) is 1.63. The van der Waals surface area contributed by atoms with Gasteiger partial charge in [0, 0.05) is 23.5 Å². The van der Waals surface area contributed by atoms with Gasteiger partial charge in [0.05, 0.1) is 23.2 Å². The number of anilines is 1. The summed E-state index contributed by atoms with van der Waals surface area (Å²) in [6.45, 7) is 1.64. The number of hydrogen-bond acceptors (Lipinski definition) is 5. The van der Waals surface area contributed by atoms with Crippen LogP contribution in [0.2, 0.25) is 0 Å². The summed E-state index contributed by atoms with van der Waals surface area (Å²) in [4.78, 5) is 37.0. The molecule has 1 aliphatic heterocycles.